The van der Waals surface area contributed by atoms with Gasteiger partial charge in [0.1, 0.15) is 0 Å². The van der Waals surface area contributed by atoms with Crippen molar-refractivity contribution in [2.24, 2.45) is 0 Å². The first kappa shape index (κ1) is 12.4. The Morgan fingerprint density at radius 2 is 1.92 bits per heavy atom. The van der Waals surface area contributed by atoms with Crippen LogP contribution in [0.2, 0.25) is 0 Å². The van der Waals surface area contributed by atoms with E-state index in [0.717, 1.165) is 5.33 Å². The lowest BCUT2D eigenvalue weighted by molar-refractivity contribution is -0.0520. The fourth-order valence-corrected chi connectivity index (χ4v) is 1.56. The Morgan fingerprint density at radius 1 is 1.33 bits per heavy atom. The molecule has 0 saturated heterocycles. The van der Waals surface area contributed by atoms with Gasteiger partial charge in [0.15, 0.2) is 0 Å². The lowest BCUT2D eigenvalue weighted by Crippen LogP contribution is -2.28. The maximum atomic E-state index is 5.84. The predicted molar refractivity (Wildman–Crippen MR) is 57.9 cm³/mol. The molecular formula is C10H21BrO. The summed E-state index contributed by atoms with van der Waals surface area (Å²) in [6.45, 7) is 8.53. The van der Waals surface area contributed by atoms with Gasteiger partial charge < -0.3 is 4.74 Å². The second-order valence-corrected chi connectivity index (χ2v) is 4.80. The summed E-state index contributed by atoms with van der Waals surface area (Å²) in [5, 5.41) is 0.949. The molecule has 0 heterocycles. The molecule has 0 saturated carbocycles. The highest BCUT2D eigenvalue weighted by atomic mass is 79.9. The van der Waals surface area contributed by atoms with E-state index in [1.54, 1.807) is 0 Å². The molecule has 1 unspecified atom stereocenters. The Kier molecular flexibility index (Phi) is 6.20. The molecule has 0 spiro atoms. The van der Waals surface area contributed by atoms with Crippen molar-refractivity contribution in [3.63, 3.8) is 0 Å². The van der Waals surface area contributed by atoms with Crippen LogP contribution in [0.25, 0.3) is 0 Å². The molecule has 0 aromatic rings. The number of hydrogen-bond acceptors (Lipinski definition) is 1. The highest BCUT2D eigenvalue weighted by Gasteiger charge is 2.16. The molecule has 0 N–H and O–H groups in total. The molecule has 12 heavy (non-hydrogen) atoms. The highest BCUT2D eigenvalue weighted by Crippen LogP contribution is 2.16. The zero-order valence-corrected chi connectivity index (χ0v) is 10.3. The van der Waals surface area contributed by atoms with Gasteiger partial charge in [-0.1, -0.05) is 35.7 Å². The van der Waals surface area contributed by atoms with Crippen LogP contribution in [-0.4, -0.2) is 17.0 Å². The SMILES string of the molecule is CCCCC(CBr)OC(C)(C)C. The minimum atomic E-state index is -0.00776. The topological polar surface area (TPSA) is 9.23 Å². The standard InChI is InChI=1S/C10H21BrO/c1-5-6-7-9(8-11)12-10(2,3)4/h9H,5-8H2,1-4H3. The summed E-state index contributed by atoms with van der Waals surface area (Å²) in [4.78, 5) is 0. The van der Waals surface area contributed by atoms with E-state index in [0.29, 0.717) is 6.10 Å². The minimum absolute atomic E-state index is 0.00776. The van der Waals surface area contributed by atoms with Crippen molar-refractivity contribution in [1.82, 2.24) is 0 Å². The number of unbranched alkanes of at least 4 members (excludes halogenated alkanes) is 1. The third-order valence-corrected chi connectivity index (χ3v) is 2.29. The van der Waals surface area contributed by atoms with Gasteiger partial charge in [-0.2, -0.15) is 0 Å². The summed E-state index contributed by atoms with van der Waals surface area (Å²) in [7, 11) is 0. The van der Waals surface area contributed by atoms with Gasteiger partial charge in [0.2, 0.25) is 0 Å². The largest absolute Gasteiger partial charge is 0.372 e. The van der Waals surface area contributed by atoms with Gasteiger partial charge in [0, 0.05) is 5.33 Å². The summed E-state index contributed by atoms with van der Waals surface area (Å²) < 4.78 is 5.84. The average molecular weight is 237 g/mol. The summed E-state index contributed by atoms with van der Waals surface area (Å²) in [6, 6.07) is 0. The molecule has 0 aliphatic rings. The molecule has 0 aliphatic heterocycles. The van der Waals surface area contributed by atoms with Gasteiger partial charge in [-0.3, -0.25) is 0 Å². The fraction of sp³-hybridized carbons (Fsp3) is 1.00. The molecule has 0 aromatic heterocycles. The second kappa shape index (κ2) is 5.98. The summed E-state index contributed by atoms with van der Waals surface area (Å²) >= 11 is 3.47. The second-order valence-electron chi connectivity index (χ2n) is 4.15. The van der Waals surface area contributed by atoms with E-state index < -0.39 is 0 Å². The lowest BCUT2D eigenvalue weighted by Gasteiger charge is -2.26. The quantitative estimate of drug-likeness (QED) is 0.661. The molecule has 0 fully saturated rings. The monoisotopic (exact) mass is 236 g/mol. The van der Waals surface area contributed by atoms with Crippen LogP contribution in [0.3, 0.4) is 0 Å². The number of ether oxygens (including phenoxy) is 1. The molecule has 1 atom stereocenters. The third kappa shape index (κ3) is 7.11. The van der Waals surface area contributed by atoms with E-state index in [-0.39, 0.29) is 5.60 Å². The van der Waals surface area contributed by atoms with Crippen LogP contribution in [-0.2, 0) is 4.74 Å². The maximum Gasteiger partial charge on any atom is 0.0679 e. The Labute approximate surface area is 85.0 Å². The average Bonchev–Trinajstić information content (AvgIpc) is 1.95. The molecule has 0 rings (SSSR count). The first-order valence-corrected chi connectivity index (χ1v) is 5.85. The van der Waals surface area contributed by atoms with E-state index in [4.69, 9.17) is 4.74 Å². The first-order chi connectivity index (χ1) is 5.49. The number of hydrogen-bond donors (Lipinski definition) is 0. The normalized spacial score (nSPS) is 14.8. The maximum absolute atomic E-state index is 5.84. The van der Waals surface area contributed by atoms with Crippen LogP contribution in [0.15, 0.2) is 0 Å². The van der Waals surface area contributed by atoms with Crippen LogP contribution in [0.1, 0.15) is 47.0 Å². The Bertz CT molecular complexity index is 107. The molecule has 2 heteroatoms. The van der Waals surface area contributed by atoms with E-state index in [1.807, 2.05) is 0 Å². The van der Waals surface area contributed by atoms with Gasteiger partial charge in [0.25, 0.3) is 0 Å². The molecule has 0 aromatic carbocycles. The Hall–Kier alpha value is 0.440. The lowest BCUT2D eigenvalue weighted by atomic mass is 10.1. The van der Waals surface area contributed by atoms with Crippen molar-refractivity contribution >= 4 is 15.9 Å². The highest BCUT2D eigenvalue weighted by molar-refractivity contribution is 9.09. The molecule has 0 bridgehead atoms. The Morgan fingerprint density at radius 3 is 2.25 bits per heavy atom. The number of halogens is 1. The van der Waals surface area contributed by atoms with Crippen molar-refractivity contribution in [3.8, 4) is 0 Å². The smallest absolute Gasteiger partial charge is 0.0679 e. The molecule has 1 nitrogen and oxygen atoms in total. The first-order valence-electron chi connectivity index (χ1n) is 4.73. The van der Waals surface area contributed by atoms with Crippen molar-refractivity contribution in [3.05, 3.63) is 0 Å². The van der Waals surface area contributed by atoms with Gasteiger partial charge in [-0.05, 0) is 27.2 Å². The van der Waals surface area contributed by atoms with Crippen molar-refractivity contribution in [2.75, 3.05) is 5.33 Å². The van der Waals surface area contributed by atoms with Crippen molar-refractivity contribution in [2.45, 2.75) is 58.7 Å². The summed E-state index contributed by atoms with van der Waals surface area (Å²) in [5.41, 5.74) is -0.00776. The fourth-order valence-electron chi connectivity index (χ4n) is 1.10. The molecule has 0 aliphatic carbocycles. The number of alkyl halides is 1. The van der Waals surface area contributed by atoms with Crippen LogP contribution >= 0.6 is 15.9 Å². The van der Waals surface area contributed by atoms with Gasteiger partial charge >= 0.3 is 0 Å². The van der Waals surface area contributed by atoms with Crippen LogP contribution in [0.4, 0.5) is 0 Å². The van der Waals surface area contributed by atoms with Crippen LogP contribution in [0, 0.1) is 0 Å². The summed E-state index contributed by atoms with van der Waals surface area (Å²) in [6.07, 6.45) is 4.05. The van der Waals surface area contributed by atoms with Crippen LogP contribution < -0.4 is 0 Å². The minimum Gasteiger partial charge on any atom is -0.372 e. The van der Waals surface area contributed by atoms with Gasteiger partial charge in [-0.15, -0.1) is 0 Å². The van der Waals surface area contributed by atoms with Crippen molar-refractivity contribution < 1.29 is 4.74 Å². The molecular weight excluding hydrogens is 216 g/mol. The third-order valence-electron chi connectivity index (χ3n) is 1.57. The summed E-state index contributed by atoms with van der Waals surface area (Å²) in [5.74, 6) is 0. The Balaban J connectivity index is 3.67. The van der Waals surface area contributed by atoms with Gasteiger partial charge in [-0.25, -0.2) is 0 Å². The van der Waals surface area contributed by atoms with Gasteiger partial charge in [0.05, 0.1) is 11.7 Å². The van der Waals surface area contributed by atoms with E-state index >= 15 is 0 Å². The van der Waals surface area contributed by atoms with Crippen LogP contribution in [0.5, 0.6) is 0 Å². The molecule has 0 radical (unpaired) electrons. The molecule has 74 valence electrons. The molecule has 0 amide bonds. The van der Waals surface area contributed by atoms with E-state index in [9.17, 15) is 0 Å². The van der Waals surface area contributed by atoms with Crippen molar-refractivity contribution in [1.29, 1.82) is 0 Å². The predicted octanol–water partition coefficient (Wildman–Crippen LogP) is 3.76. The number of rotatable bonds is 5. The van der Waals surface area contributed by atoms with E-state index in [2.05, 4.69) is 43.6 Å². The zero-order valence-electron chi connectivity index (χ0n) is 8.69. The van der Waals surface area contributed by atoms with E-state index in [1.165, 1.54) is 19.3 Å². The zero-order chi connectivity index (χ0) is 9.61.